The summed E-state index contributed by atoms with van der Waals surface area (Å²) in [6.07, 6.45) is 10.3. The molecule has 2 amide bonds. The van der Waals surface area contributed by atoms with Gasteiger partial charge in [-0.15, -0.1) is 0 Å². The van der Waals surface area contributed by atoms with Crippen LogP contribution in [0, 0.1) is 11.8 Å². The number of aryl methyl sites for hydroxylation is 1. The SMILES string of the molecule is CCCCNC(=O)[C@H](C)C[C@H](O)[C@H](CC1CCCCC1)NC(=O)[C@@H](CCCC)OP(=O)(CCCc1ccccc1)OCC. The molecule has 2 rings (SSSR count). The maximum Gasteiger partial charge on any atom is 0.331 e. The van der Waals surface area contributed by atoms with Crippen LogP contribution < -0.4 is 10.6 Å². The second kappa shape index (κ2) is 21.1. The maximum absolute atomic E-state index is 13.8. The molecule has 3 N–H and O–H groups in total. The van der Waals surface area contributed by atoms with Crippen molar-refractivity contribution in [3.05, 3.63) is 35.9 Å². The van der Waals surface area contributed by atoms with Crippen molar-refractivity contribution < 1.29 is 28.3 Å². The minimum atomic E-state index is -3.53. The highest BCUT2D eigenvalue weighted by molar-refractivity contribution is 7.53. The highest BCUT2D eigenvalue weighted by Gasteiger charge is 2.35. The molecule has 0 aromatic heterocycles. The van der Waals surface area contributed by atoms with Gasteiger partial charge in [-0.25, -0.2) is 0 Å². The fourth-order valence-electron chi connectivity index (χ4n) is 5.85. The number of amides is 2. The van der Waals surface area contributed by atoms with Crippen LogP contribution in [0.25, 0.3) is 0 Å². The smallest absolute Gasteiger partial charge is 0.331 e. The molecular formula is C34H59N2O6P. The van der Waals surface area contributed by atoms with Crippen LogP contribution in [0.2, 0.25) is 0 Å². The Bertz CT molecular complexity index is 955. The summed E-state index contributed by atoms with van der Waals surface area (Å²) in [4.78, 5) is 26.4. The van der Waals surface area contributed by atoms with Gasteiger partial charge < -0.3 is 20.3 Å². The summed E-state index contributed by atoms with van der Waals surface area (Å²) >= 11 is 0. The third-order valence-corrected chi connectivity index (χ3v) is 10.5. The number of hydrogen-bond acceptors (Lipinski definition) is 6. The van der Waals surface area contributed by atoms with E-state index in [0.717, 1.165) is 63.4 Å². The van der Waals surface area contributed by atoms with E-state index in [4.69, 9.17) is 9.05 Å². The normalized spacial score (nSPS) is 18.3. The lowest BCUT2D eigenvalue weighted by molar-refractivity contribution is -0.131. The van der Waals surface area contributed by atoms with Gasteiger partial charge in [-0.05, 0) is 56.9 Å². The molecule has 1 saturated carbocycles. The van der Waals surface area contributed by atoms with Crippen molar-refractivity contribution in [1.82, 2.24) is 10.6 Å². The Balaban J connectivity index is 2.13. The lowest BCUT2D eigenvalue weighted by Crippen LogP contribution is -2.49. The zero-order valence-electron chi connectivity index (χ0n) is 27.2. The van der Waals surface area contributed by atoms with Crippen LogP contribution in [-0.2, 0) is 29.6 Å². The van der Waals surface area contributed by atoms with Crippen molar-refractivity contribution in [1.29, 1.82) is 0 Å². The summed E-state index contributed by atoms with van der Waals surface area (Å²) in [5, 5.41) is 17.4. The topological polar surface area (TPSA) is 114 Å². The molecule has 0 heterocycles. The Hall–Kier alpha value is -1.73. The Labute approximate surface area is 261 Å². The summed E-state index contributed by atoms with van der Waals surface area (Å²) < 4.78 is 25.6. The number of carbonyl (C=O) groups excluding carboxylic acids is 2. The van der Waals surface area contributed by atoms with Crippen LogP contribution in [0.1, 0.15) is 117 Å². The van der Waals surface area contributed by atoms with Crippen LogP contribution in [0.15, 0.2) is 30.3 Å². The van der Waals surface area contributed by atoms with Gasteiger partial charge in [0.1, 0.15) is 6.10 Å². The van der Waals surface area contributed by atoms with Gasteiger partial charge in [-0.3, -0.25) is 18.7 Å². The molecule has 1 aliphatic rings. The lowest BCUT2D eigenvalue weighted by Gasteiger charge is -2.32. The fraction of sp³-hybridized carbons (Fsp3) is 0.765. The Morgan fingerprint density at radius 2 is 1.70 bits per heavy atom. The van der Waals surface area contributed by atoms with E-state index in [-0.39, 0.29) is 36.9 Å². The maximum atomic E-state index is 13.8. The van der Waals surface area contributed by atoms with E-state index in [1.165, 1.54) is 6.42 Å². The van der Waals surface area contributed by atoms with Crippen molar-refractivity contribution in [2.75, 3.05) is 19.3 Å². The quantitative estimate of drug-likeness (QED) is 0.0932. The fourth-order valence-corrected chi connectivity index (χ4v) is 7.67. The van der Waals surface area contributed by atoms with Crippen molar-refractivity contribution in [3.8, 4) is 0 Å². The highest BCUT2D eigenvalue weighted by Crippen LogP contribution is 2.50. The van der Waals surface area contributed by atoms with Crippen LogP contribution in [0.5, 0.6) is 0 Å². The molecule has 1 aromatic carbocycles. The molecular weight excluding hydrogens is 563 g/mol. The average Bonchev–Trinajstić information content (AvgIpc) is 3.00. The molecule has 1 aliphatic carbocycles. The predicted molar refractivity (Wildman–Crippen MR) is 174 cm³/mol. The van der Waals surface area contributed by atoms with Crippen molar-refractivity contribution in [3.63, 3.8) is 0 Å². The largest absolute Gasteiger partial charge is 0.391 e. The Morgan fingerprint density at radius 1 is 1.00 bits per heavy atom. The molecule has 43 heavy (non-hydrogen) atoms. The summed E-state index contributed by atoms with van der Waals surface area (Å²) in [6, 6.07) is 9.50. The second-order valence-electron chi connectivity index (χ2n) is 12.3. The van der Waals surface area contributed by atoms with Crippen LogP contribution >= 0.6 is 7.60 Å². The number of carbonyl (C=O) groups is 2. The van der Waals surface area contributed by atoms with E-state index in [9.17, 15) is 19.3 Å². The van der Waals surface area contributed by atoms with E-state index in [2.05, 4.69) is 17.6 Å². The van der Waals surface area contributed by atoms with E-state index in [1.54, 1.807) is 6.92 Å². The first-order valence-electron chi connectivity index (χ1n) is 16.9. The monoisotopic (exact) mass is 622 g/mol. The number of aliphatic hydroxyl groups is 1. The van der Waals surface area contributed by atoms with E-state index in [1.807, 2.05) is 44.2 Å². The molecule has 1 aromatic rings. The summed E-state index contributed by atoms with van der Waals surface area (Å²) in [6.45, 7) is 8.58. The van der Waals surface area contributed by atoms with Crippen molar-refractivity contribution in [2.24, 2.45) is 11.8 Å². The first kappa shape index (κ1) is 37.5. The Morgan fingerprint density at radius 3 is 2.35 bits per heavy atom. The van der Waals surface area contributed by atoms with Crippen molar-refractivity contribution in [2.45, 2.75) is 136 Å². The molecule has 1 fully saturated rings. The molecule has 0 bridgehead atoms. The van der Waals surface area contributed by atoms with Gasteiger partial charge in [0.15, 0.2) is 0 Å². The minimum Gasteiger partial charge on any atom is -0.391 e. The summed E-state index contributed by atoms with van der Waals surface area (Å²) in [5.74, 6) is -0.415. The van der Waals surface area contributed by atoms with Crippen LogP contribution in [0.3, 0.4) is 0 Å². The first-order chi connectivity index (χ1) is 20.7. The number of unbranched alkanes of at least 4 members (excludes halogenated alkanes) is 2. The van der Waals surface area contributed by atoms with E-state index >= 15 is 0 Å². The summed E-state index contributed by atoms with van der Waals surface area (Å²) in [5.41, 5.74) is 1.15. The zero-order valence-corrected chi connectivity index (χ0v) is 28.1. The van der Waals surface area contributed by atoms with E-state index in [0.29, 0.717) is 31.7 Å². The van der Waals surface area contributed by atoms with Gasteiger partial charge in [0.25, 0.3) is 0 Å². The number of hydrogen-bond donors (Lipinski definition) is 3. The molecule has 1 unspecified atom stereocenters. The number of rotatable bonds is 22. The standard InChI is InChI=1S/C34H59N2O6P/c1-5-8-22-32(42-43(40,41-7-3)24-16-21-28-17-12-10-13-18-28)34(39)36-30(26-29-19-14-11-15-20-29)31(37)25-27(4)33(38)35-23-9-6-2/h10,12-13,17-18,27,29-32,37H,5-9,11,14-16,19-26H2,1-4H3,(H,35,38)(H,36,39)/t27-,30+,31+,32-,43?/m1/s1. The first-order valence-corrected chi connectivity index (χ1v) is 18.7. The Kier molecular flexibility index (Phi) is 18.4. The van der Waals surface area contributed by atoms with Crippen LogP contribution in [0.4, 0.5) is 0 Å². The second-order valence-corrected chi connectivity index (χ2v) is 14.4. The highest BCUT2D eigenvalue weighted by atomic mass is 31.2. The average molecular weight is 623 g/mol. The number of aliphatic hydroxyl groups excluding tert-OH is 1. The predicted octanol–water partition coefficient (Wildman–Crippen LogP) is 7.18. The zero-order chi connectivity index (χ0) is 31.5. The van der Waals surface area contributed by atoms with Gasteiger partial charge in [0, 0.05) is 12.5 Å². The molecule has 0 saturated heterocycles. The molecule has 8 nitrogen and oxygen atoms in total. The lowest BCUT2D eigenvalue weighted by atomic mass is 9.82. The molecule has 9 heteroatoms. The molecule has 0 aliphatic heterocycles. The van der Waals surface area contributed by atoms with Gasteiger partial charge in [0.05, 0.1) is 24.9 Å². The van der Waals surface area contributed by atoms with Crippen molar-refractivity contribution >= 4 is 19.4 Å². The number of benzene rings is 1. The third kappa shape index (κ3) is 14.7. The van der Waals surface area contributed by atoms with E-state index < -0.39 is 25.8 Å². The van der Waals surface area contributed by atoms with Crippen LogP contribution in [-0.4, -0.2) is 54.5 Å². The molecule has 5 atom stereocenters. The summed E-state index contributed by atoms with van der Waals surface area (Å²) in [7, 11) is -3.53. The third-order valence-electron chi connectivity index (χ3n) is 8.44. The van der Waals surface area contributed by atoms with Gasteiger partial charge in [0.2, 0.25) is 11.8 Å². The van der Waals surface area contributed by atoms with Gasteiger partial charge >= 0.3 is 7.60 Å². The minimum absolute atomic E-state index is 0.0763. The molecule has 246 valence electrons. The molecule has 0 spiro atoms. The van der Waals surface area contributed by atoms with Gasteiger partial charge in [-0.2, -0.15) is 0 Å². The molecule has 0 radical (unpaired) electrons. The number of nitrogens with one attached hydrogen (secondary N) is 2. The van der Waals surface area contributed by atoms with Gasteiger partial charge in [-0.1, -0.05) is 102 Å².